The summed E-state index contributed by atoms with van der Waals surface area (Å²) in [5.41, 5.74) is 2.04. The van der Waals surface area contributed by atoms with Crippen LogP contribution in [0, 0.1) is 6.92 Å². The number of hydrogen-bond donors (Lipinski definition) is 0. The summed E-state index contributed by atoms with van der Waals surface area (Å²) in [6, 6.07) is 7.99. The van der Waals surface area contributed by atoms with Crippen LogP contribution in [0.1, 0.15) is 17.5 Å². The number of imidazole rings is 1. The molecule has 0 spiro atoms. The third-order valence-electron chi connectivity index (χ3n) is 2.92. The molecule has 0 bridgehead atoms. The Hall–Kier alpha value is -2.21. The molecule has 1 aromatic carbocycles. The second-order valence-electron chi connectivity index (χ2n) is 4.27. The average molecular weight is 258 g/mol. The first kappa shape index (κ1) is 11.9. The monoisotopic (exact) mass is 258 g/mol. The van der Waals surface area contributed by atoms with Crippen LogP contribution < -0.4 is 0 Å². The lowest BCUT2D eigenvalue weighted by atomic mass is 10.3. The highest BCUT2D eigenvalue weighted by molar-refractivity contribution is 5.75. The van der Waals surface area contributed by atoms with Gasteiger partial charge < -0.3 is 13.8 Å². The Morgan fingerprint density at radius 3 is 2.95 bits per heavy atom. The Morgan fingerprint density at radius 1 is 1.26 bits per heavy atom. The average Bonchev–Trinajstić information content (AvgIpc) is 2.96. The van der Waals surface area contributed by atoms with E-state index in [1.807, 2.05) is 31.2 Å². The second-order valence-corrected chi connectivity index (χ2v) is 4.27. The van der Waals surface area contributed by atoms with Crippen LogP contribution >= 0.6 is 0 Å². The van der Waals surface area contributed by atoms with Crippen LogP contribution in [0.25, 0.3) is 11.0 Å². The van der Waals surface area contributed by atoms with Gasteiger partial charge in [-0.25, -0.2) is 4.98 Å². The van der Waals surface area contributed by atoms with Gasteiger partial charge in [0, 0.05) is 7.11 Å². The Morgan fingerprint density at radius 2 is 2.11 bits per heavy atom. The molecule has 6 heteroatoms. The van der Waals surface area contributed by atoms with Gasteiger partial charge in [-0.2, -0.15) is 4.98 Å². The normalized spacial score (nSPS) is 11.3. The number of ether oxygens (including phenoxy) is 1. The molecule has 0 aliphatic heterocycles. The topological polar surface area (TPSA) is 66.0 Å². The summed E-state index contributed by atoms with van der Waals surface area (Å²) >= 11 is 0. The molecule has 98 valence electrons. The molecular formula is C13H14N4O2. The zero-order valence-electron chi connectivity index (χ0n) is 10.8. The minimum Gasteiger partial charge on any atom is -0.375 e. The van der Waals surface area contributed by atoms with Gasteiger partial charge in [0.1, 0.15) is 12.4 Å². The molecule has 2 heterocycles. The number of para-hydroxylation sites is 2. The molecule has 3 aromatic rings. The fourth-order valence-electron chi connectivity index (χ4n) is 2.07. The van der Waals surface area contributed by atoms with E-state index in [0.29, 0.717) is 24.9 Å². The number of fused-ring (bicyclic) bond motifs is 1. The largest absolute Gasteiger partial charge is 0.375 e. The van der Waals surface area contributed by atoms with Crippen molar-refractivity contribution in [3.8, 4) is 0 Å². The van der Waals surface area contributed by atoms with Gasteiger partial charge in [0.15, 0.2) is 5.82 Å². The van der Waals surface area contributed by atoms with Crippen LogP contribution in [0.5, 0.6) is 0 Å². The van der Waals surface area contributed by atoms with E-state index in [2.05, 4.69) is 19.7 Å². The fraction of sp³-hybridized carbons (Fsp3) is 0.308. The molecule has 0 fully saturated rings. The molecule has 0 N–H and O–H groups in total. The maximum atomic E-state index is 5.09. The highest BCUT2D eigenvalue weighted by atomic mass is 16.5. The first-order chi connectivity index (χ1) is 9.28. The summed E-state index contributed by atoms with van der Waals surface area (Å²) in [5.74, 6) is 2.04. The Bertz CT molecular complexity index is 702. The van der Waals surface area contributed by atoms with Gasteiger partial charge in [0.2, 0.25) is 0 Å². The van der Waals surface area contributed by atoms with Gasteiger partial charge in [0.05, 0.1) is 17.6 Å². The minimum atomic E-state index is 0.330. The fourth-order valence-corrected chi connectivity index (χ4v) is 2.07. The summed E-state index contributed by atoms with van der Waals surface area (Å²) in [6.45, 7) is 2.84. The first-order valence-electron chi connectivity index (χ1n) is 6.00. The Labute approximate surface area is 110 Å². The van der Waals surface area contributed by atoms with Crippen molar-refractivity contribution in [2.75, 3.05) is 7.11 Å². The van der Waals surface area contributed by atoms with Gasteiger partial charge in [-0.3, -0.25) is 0 Å². The number of methoxy groups -OCH3 is 1. The lowest BCUT2D eigenvalue weighted by Gasteiger charge is -2.02. The molecule has 0 aliphatic carbocycles. The molecule has 3 rings (SSSR count). The molecule has 0 amide bonds. The molecule has 19 heavy (non-hydrogen) atoms. The zero-order chi connectivity index (χ0) is 13.2. The van der Waals surface area contributed by atoms with Crippen molar-refractivity contribution in [1.29, 1.82) is 0 Å². The molecule has 0 unspecified atom stereocenters. The lowest BCUT2D eigenvalue weighted by molar-refractivity contribution is 0.151. The summed E-state index contributed by atoms with van der Waals surface area (Å²) in [4.78, 5) is 8.78. The van der Waals surface area contributed by atoms with Crippen LogP contribution in [0.15, 0.2) is 28.8 Å². The van der Waals surface area contributed by atoms with E-state index >= 15 is 0 Å². The summed E-state index contributed by atoms with van der Waals surface area (Å²) in [5, 5.41) is 3.94. The van der Waals surface area contributed by atoms with Gasteiger partial charge in [-0.1, -0.05) is 17.3 Å². The number of benzene rings is 1. The SMILES string of the molecule is COCc1nc(Cn2c(C)nc3ccccc32)no1. The van der Waals surface area contributed by atoms with Crippen molar-refractivity contribution in [2.45, 2.75) is 20.1 Å². The third-order valence-corrected chi connectivity index (χ3v) is 2.92. The number of rotatable bonds is 4. The number of hydrogen-bond acceptors (Lipinski definition) is 5. The van der Waals surface area contributed by atoms with Crippen LogP contribution in [-0.2, 0) is 17.9 Å². The molecule has 0 atom stereocenters. The van der Waals surface area contributed by atoms with Gasteiger partial charge in [-0.15, -0.1) is 0 Å². The molecule has 0 aliphatic rings. The Balaban J connectivity index is 1.93. The van der Waals surface area contributed by atoms with Crippen LogP contribution in [0.3, 0.4) is 0 Å². The molecule has 2 aromatic heterocycles. The standard InChI is InChI=1S/C13H14N4O2/c1-9-14-10-5-3-4-6-11(10)17(9)7-12-15-13(8-18-2)19-16-12/h3-6H,7-8H2,1-2H3. The van der Waals surface area contributed by atoms with Gasteiger partial charge in [-0.05, 0) is 19.1 Å². The van der Waals surface area contributed by atoms with E-state index in [0.717, 1.165) is 16.9 Å². The summed E-state index contributed by atoms with van der Waals surface area (Å²) in [6.07, 6.45) is 0. The van der Waals surface area contributed by atoms with Crippen LogP contribution in [0.4, 0.5) is 0 Å². The number of nitrogens with zero attached hydrogens (tertiary/aromatic N) is 4. The molecule has 0 saturated heterocycles. The van der Waals surface area contributed by atoms with E-state index in [1.165, 1.54) is 0 Å². The smallest absolute Gasteiger partial charge is 0.252 e. The molecule has 6 nitrogen and oxygen atoms in total. The zero-order valence-corrected chi connectivity index (χ0v) is 10.8. The maximum Gasteiger partial charge on any atom is 0.252 e. The van der Waals surface area contributed by atoms with Crippen molar-refractivity contribution in [3.05, 3.63) is 41.8 Å². The first-order valence-corrected chi connectivity index (χ1v) is 6.00. The molecule has 0 radical (unpaired) electrons. The highest BCUT2D eigenvalue weighted by Crippen LogP contribution is 2.16. The molecular weight excluding hydrogens is 244 g/mol. The summed E-state index contributed by atoms with van der Waals surface area (Å²) in [7, 11) is 1.59. The van der Waals surface area contributed by atoms with Crippen molar-refractivity contribution < 1.29 is 9.26 Å². The van der Waals surface area contributed by atoms with E-state index in [-0.39, 0.29) is 0 Å². The van der Waals surface area contributed by atoms with Crippen LogP contribution in [0.2, 0.25) is 0 Å². The maximum absolute atomic E-state index is 5.09. The van der Waals surface area contributed by atoms with E-state index < -0.39 is 0 Å². The Kier molecular flexibility index (Phi) is 3.00. The van der Waals surface area contributed by atoms with Crippen molar-refractivity contribution >= 4 is 11.0 Å². The second kappa shape index (κ2) is 4.81. The third kappa shape index (κ3) is 2.22. The van der Waals surface area contributed by atoms with E-state index in [1.54, 1.807) is 7.11 Å². The minimum absolute atomic E-state index is 0.330. The quantitative estimate of drug-likeness (QED) is 0.715. The predicted octanol–water partition coefficient (Wildman–Crippen LogP) is 1.92. The van der Waals surface area contributed by atoms with Crippen molar-refractivity contribution in [1.82, 2.24) is 19.7 Å². The van der Waals surface area contributed by atoms with E-state index in [4.69, 9.17) is 9.26 Å². The summed E-state index contributed by atoms with van der Waals surface area (Å²) < 4.78 is 12.1. The van der Waals surface area contributed by atoms with Crippen molar-refractivity contribution in [3.63, 3.8) is 0 Å². The van der Waals surface area contributed by atoms with Crippen LogP contribution in [-0.4, -0.2) is 26.8 Å². The number of aromatic nitrogens is 4. The van der Waals surface area contributed by atoms with E-state index in [9.17, 15) is 0 Å². The lowest BCUT2D eigenvalue weighted by Crippen LogP contribution is -2.03. The predicted molar refractivity (Wildman–Crippen MR) is 68.6 cm³/mol. The molecule has 0 saturated carbocycles. The highest BCUT2D eigenvalue weighted by Gasteiger charge is 2.11. The number of aryl methyl sites for hydroxylation is 1. The van der Waals surface area contributed by atoms with Crippen molar-refractivity contribution in [2.24, 2.45) is 0 Å². The van der Waals surface area contributed by atoms with Gasteiger partial charge in [0.25, 0.3) is 5.89 Å². The van der Waals surface area contributed by atoms with Gasteiger partial charge >= 0.3 is 0 Å².